The average molecular weight is 384 g/mol. The Morgan fingerprint density at radius 2 is 2.04 bits per heavy atom. The third kappa shape index (κ3) is 5.01. The quantitative estimate of drug-likeness (QED) is 0.612. The molecular formula is C19H20N4O3S. The number of carbonyl (C=O) groups is 2. The molecule has 0 radical (unpaired) electrons. The van der Waals surface area contributed by atoms with Crippen LogP contribution in [0.3, 0.4) is 0 Å². The number of H-pyrrole nitrogens is 1. The van der Waals surface area contributed by atoms with Gasteiger partial charge in [0.05, 0.1) is 30.4 Å². The van der Waals surface area contributed by atoms with E-state index in [2.05, 4.69) is 15.3 Å². The zero-order chi connectivity index (χ0) is 19.2. The maximum absolute atomic E-state index is 12.3. The third-order valence-corrected chi connectivity index (χ3v) is 4.72. The van der Waals surface area contributed by atoms with Gasteiger partial charge in [-0.05, 0) is 24.3 Å². The fourth-order valence-electron chi connectivity index (χ4n) is 2.44. The van der Waals surface area contributed by atoms with E-state index in [1.54, 1.807) is 38.4 Å². The standard InChI is InChI=1S/C19H20N4O3S/c1-23(11-17(24)20-13-6-5-7-14(10-13)26-2)18(25)12-27-19-21-15-8-3-4-9-16(15)22-19/h3-10H,11-12H2,1-2H3,(H,20,24)(H,21,22). The van der Waals surface area contributed by atoms with E-state index in [4.69, 9.17) is 4.74 Å². The highest BCUT2D eigenvalue weighted by Crippen LogP contribution is 2.19. The first-order valence-electron chi connectivity index (χ1n) is 8.30. The van der Waals surface area contributed by atoms with E-state index in [-0.39, 0.29) is 24.1 Å². The summed E-state index contributed by atoms with van der Waals surface area (Å²) in [7, 11) is 3.17. The van der Waals surface area contributed by atoms with Crippen molar-refractivity contribution in [3.8, 4) is 5.75 Å². The summed E-state index contributed by atoms with van der Waals surface area (Å²) in [5.74, 6) is 0.427. The van der Waals surface area contributed by atoms with Crippen molar-refractivity contribution in [1.29, 1.82) is 0 Å². The summed E-state index contributed by atoms with van der Waals surface area (Å²) in [4.78, 5) is 33.4. The smallest absolute Gasteiger partial charge is 0.243 e. The number of hydrogen-bond donors (Lipinski definition) is 2. The molecule has 7 nitrogen and oxygen atoms in total. The lowest BCUT2D eigenvalue weighted by Gasteiger charge is -2.16. The molecule has 0 aliphatic carbocycles. The van der Waals surface area contributed by atoms with E-state index >= 15 is 0 Å². The molecule has 0 unspecified atom stereocenters. The van der Waals surface area contributed by atoms with E-state index in [1.165, 1.54) is 16.7 Å². The van der Waals surface area contributed by atoms with Gasteiger partial charge in [0.25, 0.3) is 0 Å². The van der Waals surface area contributed by atoms with Gasteiger partial charge in [0, 0.05) is 18.8 Å². The van der Waals surface area contributed by atoms with Crippen molar-refractivity contribution in [1.82, 2.24) is 14.9 Å². The number of nitrogens with zero attached hydrogens (tertiary/aromatic N) is 2. The number of rotatable bonds is 7. The van der Waals surface area contributed by atoms with Gasteiger partial charge < -0.3 is 19.9 Å². The Kier molecular flexibility index (Phi) is 5.97. The van der Waals surface area contributed by atoms with Gasteiger partial charge in [-0.15, -0.1) is 0 Å². The molecule has 0 aliphatic heterocycles. The van der Waals surface area contributed by atoms with E-state index in [0.717, 1.165) is 11.0 Å². The van der Waals surface area contributed by atoms with Gasteiger partial charge in [-0.2, -0.15) is 0 Å². The molecule has 27 heavy (non-hydrogen) atoms. The van der Waals surface area contributed by atoms with E-state index in [0.29, 0.717) is 16.6 Å². The largest absolute Gasteiger partial charge is 0.497 e. The Labute approximate surface area is 161 Å². The second-order valence-corrected chi connectivity index (χ2v) is 6.84. The molecule has 8 heteroatoms. The molecule has 0 fully saturated rings. The third-order valence-electron chi connectivity index (χ3n) is 3.86. The Hall–Kier alpha value is -3.00. The first-order valence-corrected chi connectivity index (χ1v) is 9.29. The minimum Gasteiger partial charge on any atom is -0.497 e. The molecule has 140 valence electrons. The van der Waals surface area contributed by atoms with Crippen molar-refractivity contribution in [2.24, 2.45) is 0 Å². The number of anilines is 1. The fourth-order valence-corrected chi connectivity index (χ4v) is 3.27. The SMILES string of the molecule is COc1cccc(NC(=O)CN(C)C(=O)CSc2nc3ccccc3[nH]2)c1. The number of amides is 2. The minimum atomic E-state index is -0.271. The van der Waals surface area contributed by atoms with Crippen molar-refractivity contribution < 1.29 is 14.3 Å². The number of para-hydroxylation sites is 2. The topological polar surface area (TPSA) is 87.3 Å². The molecule has 0 spiro atoms. The molecule has 3 rings (SSSR count). The van der Waals surface area contributed by atoms with Crippen molar-refractivity contribution >= 4 is 40.3 Å². The summed E-state index contributed by atoms with van der Waals surface area (Å²) in [6.07, 6.45) is 0. The van der Waals surface area contributed by atoms with E-state index in [9.17, 15) is 9.59 Å². The molecule has 2 aromatic carbocycles. The highest BCUT2D eigenvalue weighted by atomic mass is 32.2. The summed E-state index contributed by atoms with van der Waals surface area (Å²) in [6, 6.07) is 14.7. The maximum Gasteiger partial charge on any atom is 0.243 e. The van der Waals surface area contributed by atoms with Crippen LogP contribution in [0.4, 0.5) is 5.69 Å². The number of ether oxygens (including phenoxy) is 1. The number of likely N-dealkylation sites (N-methyl/N-ethyl adjacent to an activating group) is 1. The van der Waals surface area contributed by atoms with Crippen LogP contribution < -0.4 is 10.1 Å². The maximum atomic E-state index is 12.3. The molecule has 3 aromatic rings. The molecule has 1 aromatic heterocycles. The van der Waals surface area contributed by atoms with Gasteiger partial charge in [-0.25, -0.2) is 4.98 Å². The number of methoxy groups -OCH3 is 1. The van der Waals surface area contributed by atoms with E-state index < -0.39 is 0 Å². The van der Waals surface area contributed by atoms with Crippen LogP contribution in [0.25, 0.3) is 11.0 Å². The molecule has 0 saturated heterocycles. The van der Waals surface area contributed by atoms with Crippen molar-refractivity contribution in [3.63, 3.8) is 0 Å². The van der Waals surface area contributed by atoms with Gasteiger partial charge >= 0.3 is 0 Å². The summed E-state index contributed by atoms with van der Waals surface area (Å²) < 4.78 is 5.12. The van der Waals surface area contributed by atoms with Crippen LogP contribution in [0.15, 0.2) is 53.7 Å². The minimum absolute atomic E-state index is 0.0310. The molecule has 1 heterocycles. The van der Waals surface area contributed by atoms with Crippen LogP contribution in [0.2, 0.25) is 0 Å². The molecular weight excluding hydrogens is 364 g/mol. The molecule has 0 saturated carbocycles. The molecule has 2 N–H and O–H groups in total. The number of benzene rings is 2. The molecule has 0 bridgehead atoms. The Bertz CT molecular complexity index is 924. The van der Waals surface area contributed by atoms with Crippen LogP contribution in [-0.2, 0) is 9.59 Å². The number of aromatic nitrogens is 2. The predicted octanol–water partition coefficient (Wildman–Crippen LogP) is 2.76. The second kappa shape index (κ2) is 8.59. The van der Waals surface area contributed by atoms with Crippen molar-refractivity contribution in [2.45, 2.75) is 5.16 Å². The monoisotopic (exact) mass is 384 g/mol. The molecule has 0 aliphatic rings. The first kappa shape index (κ1) is 18.8. The Morgan fingerprint density at radius 3 is 2.81 bits per heavy atom. The lowest BCUT2D eigenvalue weighted by molar-refractivity contribution is -0.131. The fraction of sp³-hybridized carbons (Fsp3) is 0.211. The van der Waals surface area contributed by atoms with Crippen LogP contribution in [0, 0.1) is 0 Å². The highest BCUT2D eigenvalue weighted by molar-refractivity contribution is 7.99. The lowest BCUT2D eigenvalue weighted by Crippen LogP contribution is -2.35. The first-order chi connectivity index (χ1) is 13.0. The molecule has 2 amide bonds. The number of nitrogens with one attached hydrogen (secondary N) is 2. The van der Waals surface area contributed by atoms with Gasteiger partial charge in [-0.1, -0.05) is 30.0 Å². The normalized spacial score (nSPS) is 10.6. The van der Waals surface area contributed by atoms with Gasteiger partial charge in [-0.3, -0.25) is 9.59 Å². The number of thioether (sulfide) groups is 1. The summed E-state index contributed by atoms with van der Waals surface area (Å²) >= 11 is 1.31. The van der Waals surface area contributed by atoms with Gasteiger partial charge in [0.15, 0.2) is 5.16 Å². The predicted molar refractivity (Wildman–Crippen MR) is 106 cm³/mol. The van der Waals surface area contributed by atoms with Gasteiger partial charge in [0.1, 0.15) is 5.75 Å². The zero-order valence-corrected chi connectivity index (χ0v) is 15.9. The summed E-state index contributed by atoms with van der Waals surface area (Å²) in [5.41, 5.74) is 2.41. The summed E-state index contributed by atoms with van der Waals surface area (Å²) in [6.45, 7) is -0.0310. The number of hydrogen-bond acceptors (Lipinski definition) is 5. The van der Waals surface area contributed by atoms with Gasteiger partial charge in [0.2, 0.25) is 11.8 Å². The number of aromatic amines is 1. The average Bonchev–Trinajstić information content (AvgIpc) is 3.09. The van der Waals surface area contributed by atoms with Crippen LogP contribution in [0.1, 0.15) is 0 Å². The second-order valence-electron chi connectivity index (χ2n) is 5.88. The van der Waals surface area contributed by atoms with Crippen molar-refractivity contribution in [3.05, 3.63) is 48.5 Å². The number of carbonyl (C=O) groups excluding carboxylic acids is 2. The summed E-state index contributed by atoms with van der Waals surface area (Å²) in [5, 5.41) is 3.44. The van der Waals surface area contributed by atoms with E-state index in [1.807, 2.05) is 24.3 Å². The zero-order valence-electron chi connectivity index (χ0n) is 15.1. The van der Waals surface area contributed by atoms with Crippen molar-refractivity contribution in [2.75, 3.05) is 31.8 Å². The highest BCUT2D eigenvalue weighted by Gasteiger charge is 2.14. The Morgan fingerprint density at radius 1 is 1.22 bits per heavy atom. The van der Waals surface area contributed by atoms with Crippen LogP contribution in [0.5, 0.6) is 5.75 Å². The van der Waals surface area contributed by atoms with Crippen LogP contribution in [-0.4, -0.2) is 53.1 Å². The lowest BCUT2D eigenvalue weighted by atomic mass is 10.3. The molecule has 0 atom stereocenters. The van der Waals surface area contributed by atoms with Crippen LogP contribution >= 0.6 is 11.8 Å². The Balaban J connectivity index is 1.49. The number of imidazole rings is 1. The number of fused-ring (bicyclic) bond motifs is 1.